The van der Waals surface area contributed by atoms with Crippen LogP contribution in [0.4, 0.5) is 11.4 Å². The fourth-order valence-electron chi connectivity index (χ4n) is 2.10. The highest BCUT2D eigenvalue weighted by Crippen LogP contribution is 2.23. The Morgan fingerprint density at radius 3 is 2.48 bits per heavy atom. The molecule has 3 N–H and O–H groups in total. The molecule has 3 aromatic rings. The Kier molecular flexibility index (Phi) is 3.46. The van der Waals surface area contributed by atoms with Crippen molar-refractivity contribution in [1.29, 1.82) is 0 Å². The highest BCUT2D eigenvalue weighted by atomic mass is 35.5. The average molecular weight is 298 g/mol. The molecule has 1 heterocycles. The summed E-state index contributed by atoms with van der Waals surface area (Å²) in [6.45, 7) is 0. The number of carbonyl (C=O) groups excluding carboxylic acids is 1. The summed E-state index contributed by atoms with van der Waals surface area (Å²) in [6, 6.07) is 14.6. The number of anilines is 2. The maximum absolute atomic E-state index is 12.3. The molecule has 1 amide bonds. The standard InChI is InChI=1S/C16H12ClN3O/c17-15-6-5-12(9-19-15)20-16(21)13-7-10-3-1-2-4-11(10)8-14(13)18/h1-9H,18H2,(H,20,21). The van der Waals surface area contributed by atoms with E-state index in [4.69, 9.17) is 17.3 Å². The molecule has 4 nitrogen and oxygen atoms in total. The van der Waals surface area contributed by atoms with Gasteiger partial charge in [-0.05, 0) is 35.0 Å². The molecule has 5 heteroatoms. The van der Waals surface area contributed by atoms with Gasteiger partial charge in [0.25, 0.3) is 5.91 Å². The van der Waals surface area contributed by atoms with Crippen LogP contribution in [0.2, 0.25) is 5.15 Å². The van der Waals surface area contributed by atoms with Crippen LogP contribution in [-0.2, 0) is 0 Å². The number of nitrogen functional groups attached to an aromatic ring is 1. The van der Waals surface area contributed by atoms with Crippen LogP contribution >= 0.6 is 11.6 Å². The van der Waals surface area contributed by atoms with Crippen molar-refractivity contribution in [2.75, 3.05) is 11.1 Å². The summed E-state index contributed by atoms with van der Waals surface area (Å²) in [7, 11) is 0. The monoisotopic (exact) mass is 297 g/mol. The largest absolute Gasteiger partial charge is 0.398 e. The number of fused-ring (bicyclic) bond motifs is 1. The van der Waals surface area contributed by atoms with E-state index in [0.29, 0.717) is 22.1 Å². The van der Waals surface area contributed by atoms with Gasteiger partial charge in [0.2, 0.25) is 0 Å². The number of pyridine rings is 1. The number of nitrogens with two attached hydrogens (primary N) is 1. The van der Waals surface area contributed by atoms with E-state index in [-0.39, 0.29) is 5.91 Å². The van der Waals surface area contributed by atoms with Crippen LogP contribution in [0.25, 0.3) is 10.8 Å². The summed E-state index contributed by atoms with van der Waals surface area (Å²) < 4.78 is 0. The highest BCUT2D eigenvalue weighted by molar-refractivity contribution is 6.29. The molecule has 0 saturated heterocycles. The number of hydrogen-bond donors (Lipinski definition) is 2. The SMILES string of the molecule is Nc1cc2ccccc2cc1C(=O)Nc1ccc(Cl)nc1. The van der Waals surface area contributed by atoms with Crippen molar-refractivity contribution < 1.29 is 4.79 Å². The molecule has 0 spiro atoms. The van der Waals surface area contributed by atoms with Gasteiger partial charge in [-0.25, -0.2) is 4.98 Å². The molecular formula is C16H12ClN3O. The van der Waals surface area contributed by atoms with Crippen LogP contribution in [0.3, 0.4) is 0 Å². The summed E-state index contributed by atoms with van der Waals surface area (Å²) >= 11 is 5.71. The smallest absolute Gasteiger partial charge is 0.257 e. The molecule has 2 aromatic carbocycles. The zero-order valence-corrected chi connectivity index (χ0v) is 11.8. The minimum Gasteiger partial charge on any atom is -0.398 e. The van der Waals surface area contributed by atoms with Gasteiger partial charge in [-0.1, -0.05) is 35.9 Å². The van der Waals surface area contributed by atoms with Crippen LogP contribution in [0.1, 0.15) is 10.4 Å². The van der Waals surface area contributed by atoms with E-state index in [1.165, 1.54) is 6.20 Å². The summed E-state index contributed by atoms with van der Waals surface area (Å²) in [4.78, 5) is 16.2. The van der Waals surface area contributed by atoms with Crippen molar-refractivity contribution in [3.63, 3.8) is 0 Å². The van der Waals surface area contributed by atoms with Crippen LogP contribution in [0.5, 0.6) is 0 Å². The van der Waals surface area contributed by atoms with Gasteiger partial charge in [0.05, 0.1) is 17.4 Å². The second-order valence-electron chi connectivity index (χ2n) is 4.61. The topological polar surface area (TPSA) is 68.0 Å². The fourth-order valence-corrected chi connectivity index (χ4v) is 2.21. The van der Waals surface area contributed by atoms with Crippen LogP contribution in [-0.4, -0.2) is 10.9 Å². The molecule has 0 aliphatic carbocycles. The normalized spacial score (nSPS) is 10.5. The van der Waals surface area contributed by atoms with Crippen molar-refractivity contribution in [2.45, 2.75) is 0 Å². The Bertz CT molecular complexity index is 815. The average Bonchev–Trinajstić information content (AvgIpc) is 2.49. The molecule has 0 aliphatic heterocycles. The van der Waals surface area contributed by atoms with Crippen LogP contribution in [0.15, 0.2) is 54.7 Å². The Hall–Kier alpha value is -2.59. The molecule has 0 aliphatic rings. The van der Waals surface area contributed by atoms with Crippen molar-refractivity contribution in [1.82, 2.24) is 4.98 Å². The van der Waals surface area contributed by atoms with Crippen LogP contribution in [0, 0.1) is 0 Å². The van der Waals surface area contributed by atoms with Crippen LogP contribution < -0.4 is 11.1 Å². The number of nitrogens with one attached hydrogen (secondary N) is 1. The second kappa shape index (κ2) is 5.42. The first-order chi connectivity index (χ1) is 10.1. The Labute approximate surface area is 126 Å². The molecule has 3 rings (SSSR count). The molecule has 0 bridgehead atoms. The molecule has 0 saturated carbocycles. The number of amides is 1. The van der Waals surface area contributed by atoms with E-state index < -0.39 is 0 Å². The van der Waals surface area contributed by atoms with Gasteiger partial charge in [0, 0.05) is 5.69 Å². The van der Waals surface area contributed by atoms with E-state index in [1.807, 2.05) is 24.3 Å². The van der Waals surface area contributed by atoms with E-state index >= 15 is 0 Å². The van der Waals surface area contributed by atoms with Crippen molar-refractivity contribution >= 4 is 39.7 Å². The Balaban J connectivity index is 1.93. The molecule has 0 radical (unpaired) electrons. The number of halogens is 1. The van der Waals surface area contributed by atoms with Gasteiger partial charge in [0.1, 0.15) is 5.15 Å². The van der Waals surface area contributed by atoms with Gasteiger partial charge in [0.15, 0.2) is 0 Å². The first-order valence-corrected chi connectivity index (χ1v) is 6.72. The maximum Gasteiger partial charge on any atom is 0.257 e. The summed E-state index contributed by atoms with van der Waals surface area (Å²) in [5.74, 6) is -0.276. The fraction of sp³-hybridized carbons (Fsp3) is 0. The number of benzene rings is 2. The van der Waals surface area contributed by atoms with Gasteiger partial charge in [-0.3, -0.25) is 4.79 Å². The first-order valence-electron chi connectivity index (χ1n) is 6.34. The molecular weight excluding hydrogens is 286 g/mol. The minimum atomic E-state index is -0.276. The number of nitrogens with zero attached hydrogens (tertiary/aromatic N) is 1. The third-order valence-corrected chi connectivity index (χ3v) is 3.37. The van der Waals surface area contributed by atoms with Gasteiger partial charge < -0.3 is 11.1 Å². The van der Waals surface area contributed by atoms with Crippen molar-refractivity contribution in [3.05, 3.63) is 65.4 Å². The van der Waals surface area contributed by atoms with E-state index in [2.05, 4.69) is 10.3 Å². The zero-order chi connectivity index (χ0) is 14.8. The Morgan fingerprint density at radius 1 is 1.10 bits per heavy atom. The highest BCUT2D eigenvalue weighted by Gasteiger charge is 2.11. The minimum absolute atomic E-state index is 0.276. The summed E-state index contributed by atoms with van der Waals surface area (Å²) in [5.41, 5.74) is 7.41. The quantitative estimate of drug-likeness (QED) is 0.559. The van der Waals surface area contributed by atoms with Crippen molar-refractivity contribution in [3.8, 4) is 0 Å². The van der Waals surface area contributed by atoms with Gasteiger partial charge in [-0.15, -0.1) is 0 Å². The van der Waals surface area contributed by atoms with Gasteiger partial charge >= 0.3 is 0 Å². The number of carbonyl (C=O) groups is 1. The van der Waals surface area contributed by atoms with Crippen molar-refractivity contribution in [2.24, 2.45) is 0 Å². The number of aromatic nitrogens is 1. The number of rotatable bonds is 2. The predicted molar refractivity (Wildman–Crippen MR) is 85.6 cm³/mol. The predicted octanol–water partition coefficient (Wildman–Crippen LogP) is 3.72. The molecule has 0 atom stereocenters. The summed E-state index contributed by atoms with van der Waals surface area (Å²) in [5, 5.41) is 5.09. The second-order valence-corrected chi connectivity index (χ2v) is 5.00. The van der Waals surface area contributed by atoms with E-state index in [0.717, 1.165) is 10.8 Å². The molecule has 1 aromatic heterocycles. The van der Waals surface area contributed by atoms with E-state index in [1.54, 1.807) is 24.3 Å². The van der Waals surface area contributed by atoms with E-state index in [9.17, 15) is 4.79 Å². The lowest BCUT2D eigenvalue weighted by Crippen LogP contribution is -2.14. The first kappa shape index (κ1) is 13.4. The third kappa shape index (κ3) is 2.80. The third-order valence-electron chi connectivity index (χ3n) is 3.15. The zero-order valence-electron chi connectivity index (χ0n) is 11.0. The van der Waals surface area contributed by atoms with Gasteiger partial charge in [-0.2, -0.15) is 0 Å². The Morgan fingerprint density at radius 2 is 1.81 bits per heavy atom. The lowest BCUT2D eigenvalue weighted by atomic mass is 10.0. The molecule has 0 unspecified atom stereocenters. The lowest BCUT2D eigenvalue weighted by molar-refractivity contribution is 0.102. The number of hydrogen-bond acceptors (Lipinski definition) is 3. The lowest BCUT2D eigenvalue weighted by Gasteiger charge is -2.09. The molecule has 0 fully saturated rings. The summed E-state index contributed by atoms with van der Waals surface area (Å²) in [6.07, 6.45) is 1.50. The molecule has 21 heavy (non-hydrogen) atoms. The maximum atomic E-state index is 12.3. The molecule has 104 valence electrons.